The number of aryl methyl sites for hydroxylation is 1. The minimum Gasteiger partial charge on any atom is -0.341 e. The van der Waals surface area contributed by atoms with Gasteiger partial charge in [0.25, 0.3) is 0 Å². The molecule has 0 unspecified atom stereocenters. The summed E-state index contributed by atoms with van der Waals surface area (Å²) in [6, 6.07) is 0. The maximum atomic E-state index is 12.2. The van der Waals surface area contributed by atoms with Crippen molar-refractivity contribution in [1.82, 2.24) is 14.8 Å². The Bertz CT molecular complexity index is 472. The van der Waals surface area contributed by atoms with Gasteiger partial charge in [-0.1, -0.05) is 6.92 Å². The van der Waals surface area contributed by atoms with Gasteiger partial charge in [0.05, 0.1) is 6.42 Å². The molecule has 2 rings (SSSR count). The topological polar surface area (TPSA) is 39.3 Å². The first kappa shape index (κ1) is 13.7. The maximum Gasteiger partial charge on any atom is 0.227 e. The van der Waals surface area contributed by atoms with Crippen molar-refractivity contribution >= 4 is 29.5 Å². The van der Waals surface area contributed by atoms with E-state index in [4.69, 9.17) is 12.2 Å². The van der Waals surface area contributed by atoms with Crippen LogP contribution in [0, 0.1) is 10.9 Å². The molecule has 0 atom stereocenters. The zero-order chi connectivity index (χ0) is 13.1. The summed E-state index contributed by atoms with van der Waals surface area (Å²) in [5.41, 5.74) is 1.03. The fourth-order valence-corrected chi connectivity index (χ4v) is 3.45. The van der Waals surface area contributed by atoms with Gasteiger partial charge in [0.1, 0.15) is 0 Å². The number of piperazine rings is 1. The maximum absolute atomic E-state index is 12.2. The van der Waals surface area contributed by atoms with Crippen LogP contribution in [0.1, 0.15) is 17.5 Å². The fraction of sp³-hybridized carbons (Fsp3) is 0.667. The molecule has 0 radical (unpaired) electrons. The van der Waals surface area contributed by atoms with Crippen LogP contribution in [0.3, 0.4) is 0 Å². The number of hydrogen-bond donors (Lipinski definition) is 1. The first-order valence-electron chi connectivity index (χ1n) is 6.29. The van der Waals surface area contributed by atoms with Crippen molar-refractivity contribution in [1.29, 1.82) is 0 Å². The highest BCUT2D eigenvalue weighted by Gasteiger charge is 2.21. The number of nitrogens with one attached hydrogen (secondary N) is 1. The molecule has 0 spiro atoms. The van der Waals surface area contributed by atoms with Crippen molar-refractivity contribution in [3.63, 3.8) is 0 Å². The lowest BCUT2D eigenvalue weighted by molar-refractivity contribution is -0.132. The van der Waals surface area contributed by atoms with Crippen LogP contribution in [0.5, 0.6) is 0 Å². The van der Waals surface area contributed by atoms with E-state index < -0.39 is 0 Å². The van der Waals surface area contributed by atoms with Gasteiger partial charge >= 0.3 is 0 Å². The number of H-pyrrole nitrogens is 1. The smallest absolute Gasteiger partial charge is 0.227 e. The third-order valence-electron chi connectivity index (χ3n) is 3.41. The molecule has 1 fully saturated rings. The Balaban J connectivity index is 1.93. The monoisotopic (exact) mass is 285 g/mol. The number of rotatable bonds is 3. The molecule has 100 valence electrons. The second-order valence-corrected chi connectivity index (χ2v) is 6.33. The number of aromatic nitrogens is 1. The first-order chi connectivity index (χ1) is 8.60. The Morgan fingerprint density at radius 1 is 1.39 bits per heavy atom. The van der Waals surface area contributed by atoms with Crippen LogP contribution in [0.25, 0.3) is 0 Å². The molecule has 2 heterocycles. The van der Waals surface area contributed by atoms with Gasteiger partial charge < -0.3 is 14.8 Å². The third-order valence-corrected chi connectivity index (χ3v) is 4.74. The van der Waals surface area contributed by atoms with E-state index in [2.05, 4.69) is 16.8 Å². The Hall–Kier alpha value is -0.720. The van der Waals surface area contributed by atoms with Gasteiger partial charge in [-0.25, -0.2) is 0 Å². The number of nitrogens with zero attached hydrogens (tertiary/aromatic N) is 2. The van der Waals surface area contributed by atoms with Crippen LogP contribution >= 0.6 is 23.6 Å². The Morgan fingerprint density at radius 3 is 2.56 bits per heavy atom. The molecule has 1 aromatic heterocycles. The molecule has 1 aromatic rings. The predicted octanol–water partition coefficient (Wildman–Crippen LogP) is 1.82. The molecule has 1 N–H and O–H groups in total. The Labute approximate surface area is 117 Å². The van der Waals surface area contributed by atoms with Crippen LogP contribution in [-0.4, -0.2) is 53.4 Å². The number of thiazole rings is 1. The highest BCUT2D eigenvalue weighted by atomic mass is 32.1. The summed E-state index contributed by atoms with van der Waals surface area (Å²) in [5, 5.41) is 0. The summed E-state index contributed by atoms with van der Waals surface area (Å²) in [5.74, 6) is 0.221. The molecule has 0 aromatic carbocycles. The van der Waals surface area contributed by atoms with Gasteiger partial charge in [0, 0.05) is 36.8 Å². The lowest BCUT2D eigenvalue weighted by atomic mass is 10.2. The normalized spacial score (nSPS) is 17.1. The molecule has 6 heteroatoms. The van der Waals surface area contributed by atoms with Crippen molar-refractivity contribution in [3.8, 4) is 0 Å². The number of aromatic amines is 1. The second-order valence-electron chi connectivity index (χ2n) is 4.55. The summed E-state index contributed by atoms with van der Waals surface area (Å²) in [6.45, 7) is 8.88. The highest BCUT2D eigenvalue weighted by Crippen LogP contribution is 2.16. The molecule has 1 amide bonds. The summed E-state index contributed by atoms with van der Waals surface area (Å²) >= 11 is 6.61. The van der Waals surface area contributed by atoms with Crippen molar-refractivity contribution in [2.45, 2.75) is 20.3 Å². The van der Waals surface area contributed by atoms with E-state index in [9.17, 15) is 4.79 Å². The number of hydrogen-bond acceptors (Lipinski definition) is 4. The summed E-state index contributed by atoms with van der Waals surface area (Å²) in [7, 11) is 0. The van der Waals surface area contributed by atoms with Gasteiger partial charge in [-0.05, 0) is 25.7 Å². The standard InChI is InChI=1S/C12H19N3OS2/c1-3-14-4-6-15(7-5-14)11(16)8-10-9(2)13-12(17)18-10/h3-8H2,1-2H3,(H,13,17). The summed E-state index contributed by atoms with van der Waals surface area (Å²) in [4.78, 5) is 20.7. The minimum atomic E-state index is 0.221. The van der Waals surface area contributed by atoms with Crippen LogP contribution in [0.15, 0.2) is 0 Å². The molecule has 0 saturated carbocycles. The first-order valence-corrected chi connectivity index (χ1v) is 7.51. The Morgan fingerprint density at radius 2 is 2.06 bits per heavy atom. The fourth-order valence-electron chi connectivity index (χ4n) is 2.17. The average Bonchev–Trinajstić information content (AvgIpc) is 2.68. The number of carbonyl (C=O) groups excluding carboxylic acids is 1. The third kappa shape index (κ3) is 3.18. The molecule has 4 nitrogen and oxygen atoms in total. The molecule has 0 bridgehead atoms. The van der Waals surface area contributed by atoms with Gasteiger partial charge in [-0.15, -0.1) is 11.3 Å². The molecule has 18 heavy (non-hydrogen) atoms. The quantitative estimate of drug-likeness (QED) is 0.861. The minimum absolute atomic E-state index is 0.221. The van der Waals surface area contributed by atoms with E-state index >= 15 is 0 Å². The van der Waals surface area contributed by atoms with Gasteiger partial charge in [-0.2, -0.15) is 0 Å². The van der Waals surface area contributed by atoms with E-state index in [0.29, 0.717) is 6.42 Å². The van der Waals surface area contributed by atoms with E-state index in [-0.39, 0.29) is 5.91 Å². The molecular formula is C12H19N3OS2. The molecule has 1 saturated heterocycles. The Kier molecular flexibility index (Phi) is 4.53. The number of amides is 1. The van der Waals surface area contributed by atoms with Crippen molar-refractivity contribution in [2.75, 3.05) is 32.7 Å². The van der Waals surface area contributed by atoms with Gasteiger partial charge in [-0.3, -0.25) is 4.79 Å². The molecule has 1 aliphatic heterocycles. The van der Waals surface area contributed by atoms with E-state index in [1.54, 1.807) is 0 Å². The second kappa shape index (κ2) is 5.95. The van der Waals surface area contributed by atoms with Crippen LogP contribution in [-0.2, 0) is 11.2 Å². The highest BCUT2D eigenvalue weighted by molar-refractivity contribution is 7.73. The lowest BCUT2D eigenvalue weighted by Crippen LogP contribution is -2.48. The van der Waals surface area contributed by atoms with E-state index in [0.717, 1.165) is 47.2 Å². The zero-order valence-corrected chi connectivity index (χ0v) is 12.5. The largest absolute Gasteiger partial charge is 0.341 e. The van der Waals surface area contributed by atoms with Crippen molar-refractivity contribution in [2.24, 2.45) is 0 Å². The van der Waals surface area contributed by atoms with Crippen LogP contribution in [0.4, 0.5) is 0 Å². The van der Waals surface area contributed by atoms with Crippen molar-refractivity contribution < 1.29 is 4.79 Å². The molecular weight excluding hydrogens is 266 g/mol. The van der Waals surface area contributed by atoms with Crippen molar-refractivity contribution in [3.05, 3.63) is 14.5 Å². The van der Waals surface area contributed by atoms with Crippen LogP contribution < -0.4 is 0 Å². The SMILES string of the molecule is CCN1CCN(C(=O)Cc2sc(=S)[nH]c2C)CC1. The summed E-state index contributed by atoms with van der Waals surface area (Å²) < 4.78 is 0.756. The van der Waals surface area contributed by atoms with Gasteiger partial charge in [0.15, 0.2) is 3.95 Å². The zero-order valence-electron chi connectivity index (χ0n) is 10.9. The molecule has 0 aliphatic carbocycles. The van der Waals surface area contributed by atoms with Crippen LogP contribution in [0.2, 0.25) is 0 Å². The average molecular weight is 285 g/mol. The van der Waals surface area contributed by atoms with E-state index in [1.807, 2.05) is 11.8 Å². The number of carbonyl (C=O) groups is 1. The summed E-state index contributed by atoms with van der Waals surface area (Å²) in [6.07, 6.45) is 0.482. The lowest BCUT2D eigenvalue weighted by Gasteiger charge is -2.34. The predicted molar refractivity (Wildman–Crippen MR) is 76.6 cm³/mol. The van der Waals surface area contributed by atoms with E-state index in [1.165, 1.54) is 11.3 Å². The number of likely N-dealkylation sites (N-methyl/N-ethyl adjacent to an activating group) is 1. The van der Waals surface area contributed by atoms with Gasteiger partial charge in [0.2, 0.25) is 5.91 Å². The molecule has 1 aliphatic rings.